The lowest BCUT2D eigenvalue weighted by Gasteiger charge is -2.18. The first-order valence-electron chi connectivity index (χ1n) is 9.88. The molecule has 5 heteroatoms. The highest BCUT2D eigenvalue weighted by atomic mass is 16.2. The van der Waals surface area contributed by atoms with Gasteiger partial charge in [0.2, 0.25) is 11.8 Å². The normalized spacial score (nSPS) is 21.1. The summed E-state index contributed by atoms with van der Waals surface area (Å²) in [6, 6.07) is 12.6. The fraction of sp³-hybridized carbons (Fsp3) is 0.292. The number of hydrogen-bond donors (Lipinski definition) is 1. The molecular formula is C24H24N2O3. The summed E-state index contributed by atoms with van der Waals surface area (Å²) in [4.78, 5) is 39.9. The lowest BCUT2D eigenvalue weighted by atomic mass is 9.82. The first kappa shape index (κ1) is 19.1. The van der Waals surface area contributed by atoms with Crippen LogP contribution in [0, 0.1) is 25.7 Å². The Balaban J connectivity index is 1.60. The van der Waals surface area contributed by atoms with Crippen molar-refractivity contribution in [1.29, 1.82) is 0 Å². The van der Waals surface area contributed by atoms with Gasteiger partial charge in [-0.25, -0.2) is 0 Å². The molecule has 2 aliphatic rings. The number of allylic oxidation sites excluding steroid dienone is 2. The van der Waals surface area contributed by atoms with Crippen LogP contribution < -0.4 is 10.2 Å². The van der Waals surface area contributed by atoms with Gasteiger partial charge in [-0.2, -0.15) is 0 Å². The Kier molecular flexibility index (Phi) is 4.82. The molecule has 0 aromatic heterocycles. The summed E-state index contributed by atoms with van der Waals surface area (Å²) in [5.41, 5.74) is 4.76. The van der Waals surface area contributed by atoms with Crippen LogP contribution in [0.4, 0.5) is 11.4 Å². The maximum atomic E-state index is 12.9. The smallest absolute Gasteiger partial charge is 0.255 e. The highest BCUT2D eigenvalue weighted by molar-refractivity contribution is 6.22. The van der Waals surface area contributed by atoms with Gasteiger partial charge in [-0.05, 0) is 62.9 Å². The molecule has 3 amide bonds. The van der Waals surface area contributed by atoms with Gasteiger partial charge in [-0.1, -0.05) is 35.9 Å². The van der Waals surface area contributed by atoms with E-state index in [4.69, 9.17) is 0 Å². The van der Waals surface area contributed by atoms with E-state index in [1.807, 2.05) is 45.0 Å². The van der Waals surface area contributed by atoms with Crippen molar-refractivity contribution in [3.63, 3.8) is 0 Å². The van der Waals surface area contributed by atoms with Crippen molar-refractivity contribution in [3.8, 4) is 0 Å². The molecule has 1 saturated heterocycles. The van der Waals surface area contributed by atoms with Crippen LogP contribution in [-0.2, 0) is 9.59 Å². The number of nitrogens with one attached hydrogen (secondary N) is 1. The Hall–Kier alpha value is -3.21. The SMILES string of the molecule is CC1=CC[C@H]2C(=O)N(c3cccc(C(=O)Nc4c(C)cccc4C)c3)C(=O)[C@@H]2C1. The van der Waals surface area contributed by atoms with Crippen molar-refractivity contribution < 1.29 is 14.4 Å². The molecule has 1 N–H and O–H groups in total. The first-order chi connectivity index (χ1) is 13.9. The second kappa shape index (κ2) is 7.32. The van der Waals surface area contributed by atoms with E-state index in [0.29, 0.717) is 24.1 Å². The minimum atomic E-state index is -0.293. The van der Waals surface area contributed by atoms with Gasteiger partial charge in [0.15, 0.2) is 0 Å². The van der Waals surface area contributed by atoms with Gasteiger partial charge in [0.25, 0.3) is 5.91 Å². The molecule has 5 nitrogen and oxygen atoms in total. The Morgan fingerprint density at radius 1 is 0.966 bits per heavy atom. The standard InChI is InChI=1S/C24H24N2O3/c1-14-10-11-19-20(12-14)24(29)26(23(19)28)18-9-5-8-17(13-18)22(27)25-21-15(2)6-4-7-16(21)3/h4-10,13,19-20H,11-12H2,1-3H3,(H,25,27)/t19-,20-/m1/s1. The van der Waals surface area contributed by atoms with E-state index in [0.717, 1.165) is 22.4 Å². The first-order valence-corrected chi connectivity index (χ1v) is 9.88. The Bertz CT molecular complexity index is 1030. The number of carbonyl (C=O) groups excluding carboxylic acids is 3. The number of aryl methyl sites for hydroxylation is 2. The molecule has 0 bridgehead atoms. The molecule has 1 fully saturated rings. The van der Waals surface area contributed by atoms with Gasteiger partial charge in [-0.15, -0.1) is 0 Å². The number of carbonyl (C=O) groups is 3. The number of hydrogen-bond acceptors (Lipinski definition) is 3. The third-order valence-corrected chi connectivity index (χ3v) is 5.91. The van der Waals surface area contributed by atoms with Gasteiger partial charge in [0, 0.05) is 11.3 Å². The summed E-state index contributed by atoms with van der Waals surface area (Å²) in [7, 11) is 0. The third-order valence-electron chi connectivity index (χ3n) is 5.91. The molecule has 0 saturated carbocycles. The quantitative estimate of drug-likeness (QED) is 0.626. The van der Waals surface area contributed by atoms with Crippen molar-refractivity contribution in [3.05, 3.63) is 70.8 Å². The molecule has 29 heavy (non-hydrogen) atoms. The zero-order valence-electron chi connectivity index (χ0n) is 16.9. The van der Waals surface area contributed by atoms with Crippen molar-refractivity contribution in [2.24, 2.45) is 11.8 Å². The van der Waals surface area contributed by atoms with Crippen LogP contribution in [0.15, 0.2) is 54.1 Å². The van der Waals surface area contributed by atoms with Crippen LogP contribution in [0.3, 0.4) is 0 Å². The maximum absolute atomic E-state index is 12.9. The van der Waals surface area contributed by atoms with Gasteiger partial charge in [-0.3, -0.25) is 19.3 Å². The van der Waals surface area contributed by atoms with Crippen LogP contribution in [0.2, 0.25) is 0 Å². The molecule has 4 rings (SSSR count). The monoisotopic (exact) mass is 388 g/mol. The fourth-order valence-electron chi connectivity index (χ4n) is 4.28. The van der Waals surface area contributed by atoms with Gasteiger partial charge < -0.3 is 5.32 Å². The number of imide groups is 1. The topological polar surface area (TPSA) is 66.5 Å². The van der Waals surface area contributed by atoms with E-state index < -0.39 is 0 Å². The molecule has 0 unspecified atom stereocenters. The van der Waals surface area contributed by atoms with Crippen LogP contribution in [-0.4, -0.2) is 17.7 Å². The molecule has 1 aliphatic carbocycles. The maximum Gasteiger partial charge on any atom is 0.255 e. The van der Waals surface area contributed by atoms with E-state index >= 15 is 0 Å². The molecule has 2 aromatic carbocycles. The zero-order valence-corrected chi connectivity index (χ0v) is 16.9. The molecular weight excluding hydrogens is 364 g/mol. The Morgan fingerprint density at radius 3 is 2.34 bits per heavy atom. The number of fused-ring (bicyclic) bond motifs is 1. The summed E-state index contributed by atoms with van der Waals surface area (Å²) in [5, 5.41) is 2.96. The van der Waals surface area contributed by atoms with E-state index in [1.54, 1.807) is 24.3 Å². The predicted octanol–water partition coefficient (Wildman–Crippen LogP) is 4.40. The molecule has 2 atom stereocenters. The van der Waals surface area contributed by atoms with Gasteiger partial charge in [0.05, 0.1) is 17.5 Å². The summed E-state index contributed by atoms with van der Waals surface area (Å²) in [6.07, 6.45) is 3.27. The van der Waals surface area contributed by atoms with E-state index in [1.165, 1.54) is 4.90 Å². The van der Waals surface area contributed by atoms with Crippen LogP contribution in [0.1, 0.15) is 41.3 Å². The summed E-state index contributed by atoms with van der Waals surface area (Å²) in [5.74, 6) is -1.19. The van der Waals surface area contributed by atoms with Crippen molar-refractivity contribution in [2.75, 3.05) is 10.2 Å². The van der Waals surface area contributed by atoms with Crippen LogP contribution in [0.5, 0.6) is 0 Å². The number of rotatable bonds is 3. The lowest BCUT2D eigenvalue weighted by Crippen LogP contribution is -2.31. The predicted molar refractivity (Wildman–Crippen MR) is 113 cm³/mol. The van der Waals surface area contributed by atoms with E-state index in [2.05, 4.69) is 5.32 Å². The molecule has 2 aromatic rings. The number of amides is 3. The summed E-state index contributed by atoms with van der Waals surface area (Å²) < 4.78 is 0. The Labute approximate surface area is 170 Å². The average Bonchev–Trinajstić information content (AvgIpc) is 2.94. The average molecular weight is 388 g/mol. The summed E-state index contributed by atoms with van der Waals surface area (Å²) >= 11 is 0. The van der Waals surface area contributed by atoms with Crippen LogP contribution in [0.25, 0.3) is 0 Å². The Morgan fingerprint density at radius 2 is 1.62 bits per heavy atom. The van der Waals surface area contributed by atoms with E-state index in [9.17, 15) is 14.4 Å². The highest BCUT2D eigenvalue weighted by Gasteiger charge is 2.48. The van der Waals surface area contributed by atoms with Gasteiger partial charge >= 0.3 is 0 Å². The molecule has 148 valence electrons. The molecule has 0 spiro atoms. The molecule has 1 heterocycles. The van der Waals surface area contributed by atoms with Gasteiger partial charge in [0.1, 0.15) is 0 Å². The zero-order chi connectivity index (χ0) is 20.7. The van der Waals surface area contributed by atoms with Crippen molar-refractivity contribution >= 4 is 29.1 Å². The molecule has 0 radical (unpaired) electrons. The lowest BCUT2D eigenvalue weighted by molar-refractivity contribution is -0.122. The highest BCUT2D eigenvalue weighted by Crippen LogP contribution is 2.39. The second-order valence-electron chi connectivity index (χ2n) is 7.99. The minimum Gasteiger partial charge on any atom is -0.322 e. The fourth-order valence-corrected chi connectivity index (χ4v) is 4.28. The third kappa shape index (κ3) is 3.37. The second-order valence-corrected chi connectivity index (χ2v) is 7.99. The number of nitrogens with zero attached hydrogens (tertiary/aromatic N) is 1. The molecule has 1 aliphatic heterocycles. The minimum absolute atomic E-state index is 0.167. The number of benzene rings is 2. The van der Waals surface area contributed by atoms with Crippen LogP contribution >= 0.6 is 0 Å². The number of para-hydroxylation sites is 1. The number of anilines is 2. The summed E-state index contributed by atoms with van der Waals surface area (Å²) in [6.45, 7) is 5.88. The van der Waals surface area contributed by atoms with Crippen molar-refractivity contribution in [2.45, 2.75) is 33.6 Å². The van der Waals surface area contributed by atoms with Crippen molar-refractivity contribution in [1.82, 2.24) is 0 Å². The largest absolute Gasteiger partial charge is 0.322 e. The van der Waals surface area contributed by atoms with E-state index in [-0.39, 0.29) is 29.6 Å².